The van der Waals surface area contributed by atoms with E-state index in [-0.39, 0.29) is 6.10 Å². The number of β-amino-alcohol motifs (C(OH)–C–C–N with tert-alkyl or cyclic N) is 1. The van der Waals surface area contributed by atoms with Crippen LogP contribution in [0.4, 0.5) is 5.82 Å². The van der Waals surface area contributed by atoms with Crippen LogP contribution in [0.2, 0.25) is 0 Å². The molecule has 1 saturated heterocycles. The molecule has 0 aromatic carbocycles. The van der Waals surface area contributed by atoms with Gasteiger partial charge in [-0.3, -0.25) is 4.98 Å². The maximum absolute atomic E-state index is 10.2. The molecule has 1 aliphatic carbocycles. The van der Waals surface area contributed by atoms with Crippen molar-refractivity contribution in [3.05, 3.63) is 35.7 Å². The zero-order valence-electron chi connectivity index (χ0n) is 13.4. The van der Waals surface area contributed by atoms with Crippen LogP contribution >= 0.6 is 0 Å². The monoisotopic (exact) mass is 310 g/mol. The molecule has 2 unspecified atom stereocenters. The Hall–Kier alpha value is -2.01. The van der Waals surface area contributed by atoms with Gasteiger partial charge in [-0.2, -0.15) is 0 Å². The molecule has 4 rings (SSSR count). The van der Waals surface area contributed by atoms with Gasteiger partial charge in [-0.1, -0.05) is 13.0 Å². The zero-order chi connectivity index (χ0) is 15.8. The van der Waals surface area contributed by atoms with Crippen LogP contribution in [0.1, 0.15) is 31.0 Å². The Morgan fingerprint density at radius 1 is 1.22 bits per heavy atom. The van der Waals surface area contributed by atoms with Crippen molar-refractivity contribution in [3.8, 4) is 11.5 Å². The smallest absolute Gasteiger partial charge is 0.180 e. The Labute approximate surface area is 136 Å². The number of fused-ring (bicyclic) bond motifs is 1. The normalized spacial score (nSPS) is 23.8. The summed E-state index contributed by atoms with van der Waals surface area (Å²) in [5, 5.41) is 10.2. The SMILES string of the molecule is CC1CCN(c2nc(-c3ccccn3)nc3c2CCC3)CC1O. The van der Waals surface area contributed by atoms with Gasteiger partial charge in [-0.05, 0) is 43.7 Å². The number of piperidine rings is 1. The molecule has 0 bridgehead atoms. The molecule has 0 spiro atoms. The van der Waals surface area contributed by atoms with Crippen LogP contribution in [0.5, 0.6) is 0 Å². The van der Waals surface area contributed by atoms with Crippen LogP contribution in [0.15, 0.2) is 24.4 Å². The quantitative estimate of drug-likeness (QED) is 0.921. The summed E-state index contributed by atoms with van der Waals surface area (Å²) in [6.45, 7) is 3.72. The molecular weight excluding hydrogens is 288 g/mol. The molecule has 5 heteroatoms. The Bertz CT molecular complexity index is 704. The summed E-state index contributed by atoms with van der Waals surface area (Å²) in [7, 11) is 0. The second-order valence-electron chi connectivity index (χ2n) is 6.64. The van der Waals surface area contributed by atoms with E-state index < -0.39 is 0 Å². The van der Waals surface area contributed by atoms with E-state index in [9.17, 15) is 5.11 Å². The van der Waals surface area contributed by atoms with Crippen molar-refractivity contribution in [3.63, 3.8) is 0 Å². The van der Waals surface area contributed by atoms with Crippen molar-refractivity contribution in [2.75, 3.05) is 18.0 Å². The number of hydrogen-bond donors (Lipinski definition) is 1. The first-order chi connectivity index (χ1) is 11.2. The maximum atomic E-state index is 10.2. The van der Waals surface area contributed by atoms with E-state index in [2.05, 4.69) is 16.8 Å². The van der Waals surface area contributed by atoms with E-state index in [1.807, 2.05) is 18.2 Å². The molecule has 1 fully saturated rings. The Morgan fingerprint density at radius 3 is 2.91 bits per heavy atom. The van der Waals surface area contributed by atoms with Gasteiger partial charge < -0.3 is 10.0 Å². The highest BCUT2D eigenvalue weighted by Gasteiger charge is 2.29. The third kappa shape index (κ3) is 2.70. The highest BCUT2D eigenvalue weighted by molar-refractivity contribution is 5.59. The fourth-order valence-corrected chi connectivity index (χ4v) is 3.53. The fourth-order valence-electron chi connectivity index (χ4n) is 3.53. The molecule has 2 aromatic rings. The lowest BCUT2D eigenvalue weighted by molar-refractivity contribution is 0.102. The standard InChI is InChI=1S/C18H22N4O/c1-12-8-10-22(11-16(12)23)18-13-5-4-7-14(13)20-17(21-18)15-6-2-3-9-19-15/h2-3,6,9,12,16,23H,4-5,7-8,10-11H2,1H3. The first kappa shape index (κ1) is 14.6. The van der Waals surface area contributed by atoms with Gasteiger partial charge in [0.25, 0.3) is 0 Å². The minimum atomic E-state index is -0.283. The number of nitrogens with zero attached hydrogens (tertiary/aromatic N) is 4. The van der Waals surface area contributed by atoms with Gasteiger partial charge in [-0.15, -0.1) is 0 Å². The van der Waals surface area contributed by atoms with Crippen LogP contribution in [-0.4, -0.2) is 39.3 Å². The van der Waals surface area contributed by atoms with Crippen LogP contribution in [0.25, 0.3) is 11.5 Å². The van der Waals surface area contributed by atoms with Crippen LogP contribution in [0.3, 0.4) is 0 Å². The number of anilines is 1. The van der Waals surface area contributed by atoms with Crippen molar-refractivity contribution >= 4 is 5.82 Å². The van der Waals surface area contributed by atoms with E-state index in [1.54, 1.807) is 6.20 Å². The lowest BCUT2D eigenvalue weighted by Gasteiger charge is -2.36. The third-order valence-electron chi connectivity index (χ3n) is 5.02. The lowest BCUT2D eigenvalue weighted by atomic mass is 9.96. The largest absolute Gasteiger partial charge is 0.391 e. The minimum Gasteiger partial charge on any atom is -0.391 e. The van der Waals surface area contributed by atoms with Crippen LogP contribution < -0.4 is 4.90 Å². The van der Waals surface area contributed by atoms with Crippen LogP contribution in [-0.2, 0) is 12.8 Å². The summed E-state index contributed by atoms with van der Waals surface area (Å²) < 4.78 is 0. The van der Waals surface area contributed by atoms with E-state index >= 15 is 0 Å². The highest BCUT2D eigenvalue weighted by atomic mass is 16.3. The van der Waals surface area contributed by atoms with Gasteiger partial charge in [0, 0.05) is 30.5 Å². The number of hydrogen-bond acceptors (Lipinski definition) is 5. The zero-order valence-corrected chi connectivity index (χ0v) is 13.4. The number of rotatable bonds is 2. The molecule has 1 aliphatic heterocycles. The summed E-state index contributed by atoms with van der Waals surface area (Å²) >= 11 is 0. The topological polar surface area (TPSA) is 62.1 Å². The number of aliphatic hydroxyl groups excluding tert-OH is 1. The molecule has 0 amide bonds. The lowest BCUT2D eigenvalue weighted by Crippen LogP contribution is -2.43. The first-order valence-corrected chi connectivity index (χ1v) is 8.46. The van der Waals surface area contributed by atoms with Gasteiger partial charge in [0.15, 0.2) is 5.82 Å². The maximum Gasteiger partial charge on any atom is 0.180 e. The molecule has 5 nitrogen and oxygen atoms in total. The number of aryl methyl sites for hydroxylation is 1. The number of aromatic nitrogens is 3. The van der Waals surface area contributed by atoms with E-state index in [1.165, 1.54) is 5.56 Å². The molecule has 2 atom stereocenters. The predicted molar refractivity (Wildman–Crippen MR) is 89.3 cm³/mol. The Balaban J connectivity index is 1.75. The van der Waals surface area contributed by atoms with Crippen molar-refractivity contribution in [2.45, 2.75) is 38.7 Å². The van der Waals surface area contributed by atoms with Gasteiger partial charge >= 0.3 is 0 Å². The van der Waals surface area contributed by atoms with E-state index in [0.717, 1.165) is 49.4 Å². The molecule has 2 aliphatic rings. The first-order valence-electron chi connectivity index (χ1n) is 8.46. The summed E-state index contributed by atoms with van der Waals surface area (Å²) in [6.07, 6.45) is 5.67. The summed E-state index contributed by atoms with van der Waals surface area (Å²) in [6, 6.07) is 5.82. The van der Waals surface area contributed by atoms with Crippen molar-refractivity contribution in [1.29, 1.82) is 0 Å². The number of pyridine rings is 1. The van der Waals surface area contributed by atoms with E-state index in [0.29, 0.717) is 18.3 Å². The fraction of sp³-hybridized carbons (Fsp3) is 0.500. The van der Waals surface area contributed by atoms with Crippen molar-refractivity contribution in [2.24, 2.45) is 5.92 Å². The number of aliphatic hydroxyl groups is 1. The molecule has 23 heavy (non-hydrogen) atoms. The minimum absolute atomic E-state index is 0.283. The average Bonchev–Trinajstić information content (AvgIpc) is 3.06. The van der Waals surface area contributed by atoms with Gasteiger partial charge in [-0.25, -0.2) is 9.97 Å². The highest BCUT2D eigenvalue weighted by Crippen LogP contribution is 2.33. The van der Waals surface area contributed by atoms with Crippen molar-refractivity contribution < 1.29 is 5.11 Å². The second kappa shape index (κ2) is 5.89. The molecule has 3 heterocycles. The summed E-state index contributed by atoms with van der Waals surface area (Å²) in [5.74, 6) is 2.07. The van der Waals surface area contributed by atoms with Gasteiger partial charge in [0.2, 0.25) is 0 Å². The molecule has 2 aromatic heterocycles. The Kier molecular flexibility index (Phi) is 3.73. The summed E-state index contributed by atoms with van der Waals surface area (Å²) in [5.41, 5.74) is 3.24. The van der Waals surface area contributed by atoms with Crippen LogP contribution in [0, 0.1) is 5.92 Å². The van der Waals surface area contributed by atoms with Gasteiger partial charge in [0.1, 0.15) is 11.5 Å². The molecule has 0 radical (unpaired) electrons. The summed E-state index contributed by atoms with van der Waals surface area (Å²) in [4.78, 5) is 16.2. The average molecular weight is 310 g/mol. The molecule has 0 saturated carbocycles. The molecule has 1 N–H and O–H groups in total. The second-order valence-corrected chi connectivity index (χ2v) is 6.64. The Morgan fingerprint density at radius 2 is 2.13 bits per heavy atom. The van der Waals surface area contributed by atoms with E-state index in [4.69, 9.17) is 9.97 Å². The van der Waals surface area contributed by atoms with Gasteiger partial charge in [0.05, 0.1) is 6.10 Å². The molecule has 120 valence electrons. The molecular formula is C18H22N4O. The third-order valence-corrected chi connectivity index (χ3v) is 5.02. The van der Waals surface area contributed by atoms with Crippen molar-refractivity contribution in [1.82, 2.24) is 15.0 Å². The predicted octanol–water partition coefficient (Wildman–Crippen LogP) is 2.23.